The minimum atomic E-state index is -0.797. The number of rotatable bonds is 6. The first-order valence-electron chi connectivity index (χ1n) is 10.1. The van der Waals surface area contributed by atoms with Crippen LogP contribution in [-0.2, 0) is 4.74 Å². The number of aromatic nitrogens is 1. The number of benzene rings is 2. The maximum atomic E-state index is 12.7. The lowest BCUT2D eigenvalue weighted by Crippen LogP contribution is -2.33. The lowest BCUT2D eigenvalue weighted by atomic mass is 10.1. The van der Waals surface area contributed by atoms with Crippen LogP contribution >= 0.6 is 11.8 Å². The fourth-order valence-electron chi connectivity index (χ4n) is 3.70. The number of hydrogen-bond donors (Lipinski definition) is 0. The molecule has 4 amide bonds. The normalized spacial score (nSPS) is 14.5. The fraction of sp³-hybridized carbons (Fsp3) is 0.0833. The van der Waals surface area contributed by atoms with E-state index in [2.05, 4.69) is 4.98 Å². The third kappa shape index (κ3) is 3.54. The molecule has 34 heavy (non-hydrogen) atoms. The van der Waals surface area contributed by atoms with Gasteiger partial charge >= 0.3 is 5.97 Å². The number of imide groups is 2. The minimum Gasteiger partial charge on any atom is -0.440 e. The number of thioether (sulfide) groups is 1. The molecule has 0 bridgehead atoms. The van der Waals surface area contributed by atoms with Crippen molar-refractivity contribution in [3.8, 4) is 0 Å². The predicted octanol–water partition coefficient (Wildman–Crippen LogP) is 2.84. The molecule has 1 aromatic heterocycles. The van der Waals surface area contributed by atoms with Gasteiger partial charge in [-0.25, -0.2) is 14.7 Å². The molecular formula is C24H15N3O6S. The van der Waals surface area contributed by atoms with E-state index in [1.165, 1.54) is 30.5 Å². The van der Waals surface area contributed by atoms with Gasteiger partial charge in [0.25, 0.3) is 23.6 Å². The van der Waals surface area contributed by atoms with Crippen LogP contribution in [0.2, 0.25) is 0 Å². The Kier molecular flexibility index (Phi) is 5.42. The zero-order valence-corrected chi connectivity index (χ0v) is 18.3. The van der Waals surface area contributed by atoms with Crippen LogP contribution in [-0.4, -0.2) is 57.0 Å². The van der Waals surface area contributed by atoms with Crippen molar-refractivity contribution in [2.24, 2.45) is 0 Å². The van der Waals surface area contributed by atoms with Crippen molar-refractivity contribution in [3.05, 3.63) is 94.7 Å². The van der Waals surface area contributed by atoms with Gasteiger partial charge in [0.15, 0.2) is 6.73 Å². The number of carbonyl (C=O) groups is 5. The van der Waals surface area contributed by atoms with Gasteiger partial charge in [0.1, 0.15) is 5.03 Å². The summed E-state index contributed by atoms with van der Waals surface area (Å²) in [5.74, 6) is -2.77. The summed E-state index contributed by atoms with van der Waals surface area (Å²) in [6, 6.07) is 15.9. The maximum absolute atomic E-state index is 12.7. The molecule has 9 nitrogen and oxygen atoms in total. The highest BCUT2D eigenvalue weighted by atomic mass is 32.2. The second-order valence-electron chi connectivity index (χ2n) is 7.36. The van der Waals surface area contributed by atoms with Gasteiger partial charge in [-0.15, -0.1) is 0 Å². The quantitative estimate of drug-likeness (QED) is 0.305. The van der Waals surface area contributed by atoms with E-state index < -0.39 is 36.3 Å². The van der Waals surface area contributed by atoms with Gasteiger partial charge in [-0.3, -0.25) is 24.1 Å². The summed E-state index contributed by atoms with van der Waals surface area (Å²) >= 11 is 1.02. The molecule has 0 atom stereocenters. The smallest absolute Gasteiger partial charge is 0.342 e. The van der Waals surface area contributed by atoms with E-state index in [9.17, 15) is 24.0 Å². The van der Waals surface area contributed by atoms with E-state index in [-0.39, 0.29) is 27.6 Å². The topological polar surface area (TPSA) is 114 Å². The van der Waals surface area contributed by atoms with Crippen LogP contribution in [0.3, 0.4) is 0 Å². The van der Waals surface area contributed by atoms with Crippen molar-refractivity contribution in [1.29, 1.82) is 0 Å². The molecule has 10 heteroatoms. The molecule has 0 radical (unpaired) electrons. The van der Waals surface area contributed by atoms with Gasteiger partial charge in [0.05, 0.1) is 33.7 Å². The molecule has 2 aromatic carbocycles. The second-order valence-corrected chi connectivity index (χ2v) is 8.29. The Morgan fingerprint density at radius 1 is 0.735 bits per heavy atom. The first-order valence-corrected chi connectivity index (χ1v) is 11.1. The Bertz CT molecular complexity index is 1320. The lowest BCUT2D eigenvalue weighted by Gasteiger charge is -2.16. The average molecular weight is 473 g/mol. The maximum Gasteiger partial charge on any atom is 0.342 e. The first kappa shape index (κ1) is 21.5. The zero-order chi connectivity index (χ0) is 23.8. The van der Waals surface area contributed by atoms with Crippen LogP contribution in [0, 0.1) is 0 Å². The lowest BCUT2D eigenvalue weighted by molar-refractivity contribution is 0.0224. The van der Waals surface area contributed by atoms with Gasteiger partial charge in [0, 0.05) is 6.20 Å². The molecule has 3 aromatic rings. The molecule has 0 saturated heterocycles. The van der Waals surface area contributed by atoms with Gasteiger partial charge in [-0.2, -0.15) is 0 Å². The van der Waals surface area contributed by atoms with Gasteiger partial charge in [0.2, 0.25) is 0 Å². The van der Waals surface area contributed by atoms with E-state index in [0.717, 1.165) is 21.6 Å². The summed E-state index contributed by atoms with van der Waals surface area (Å²) in [7, 11) is 0. The molecule has 168 valence electrons. The molecule has 0 aliphatic carbocycles. The third-order valence-electron chi connectivity index (χ3n) is 5.40. The van der Waals surface area contributed by atoms with E-state index in [0.29, 0.717) is 11.1 Å². The van der Waals surface area contributed by atoms with Crippen molar-refractivity contribution < 1.29 is 28.7 Å². The van der Waals surface area contributed by atoms with Crippen molar-refractivity contribution in [2.45, 2.75) is 5.03 Å². The number of pyridine rings is 1. The number of carbonyl (C=O) groups excluding carboxylic acids is 5. The van der Waals surface area contributed by atoms with Gasteiger partial charge in [-0.1, -0.05) is 36.0 Å². The molecule has 0 unspecified atom stereocenters. The van der Waals surface area contributed by atoms with E-state index in [1.807, 2.05) is 0 Å². The summed E-state index contributed by atoms with van der Waals surface area (Å²) < 4.78 is 5.23. The van der Waals surface area contributed by atoms with Crippen LogP contribution in [0.15, 0.2) is 71.9 Å². The van der Waals surface area contributed by atoms with Crippen LogP contribution in [0.1, 0.15) is 51.8 Å². The Hall–Kier alpha value is -4.31. The molecular weight excluding hydrogens is 458 g/mol. The summed E-state index contributed by atoms with van der Waals surface area (Å²) in [6.07, 6.45) is 1.46. The summed E-state index contributed by atoms with van der Waals surface area (Å²) in [5, 5.41) is 0.242. The van der Waals surface area contributed by atoms with E-state index in [4.69, 9.17) is 4.74 Å². The van der Waals surface area contributed by atoms with Crippen molar-refractivity contribution in [1.82, 2.24) is 14.8 Å². The molecule has 2 aliphatic heterocycles. The second kappa shape index (κ2) is 8.56. The standard InChI is InChI=1S/C24H15N3O6S/c28-20-14-6-1-2-7-15(14)21(29)26(20)12-33-24(32)18-10-5-11-25-19(18)34-13-27-22(30)16-8-3-4-9-17(16)23(27)31/h1-11H,12-13H2. The highest BCUT2D eigenvalue weighted by Crippen LogP contribution is 2.28. The summed E-state index contributed by atoms with van der Waals surface area (Å²) in [5.41, 5.74) is 1.24. The Balaban J connectivity index is 1.26. The van der Waals surface area contributed by atoms with Crippen molar-refractivity contribution in [2.75, 3.05) is 12.6 Å². The molecule has 2 aliphatic rings. The Morgan fingerprint density at radius 2 is 1.24 bits per heavy atom. The number of esters is 1. The highest BCUT2D eigenvalue weighted by Gasteiger charge is 2.37. The average Bonchev–Trinajstić information content (AvgIpc) is 3.26. The van der Waals surface area contributed by atoms with Gasteiger partial charge in [-0.05, 0) is 36.4 Å². The zero-order valence-electron chi connectivity index (χ0n) is 17.5. The van der Waals surface area contributed by atoms with E-state index >= 15 is 0 Å². The van der Waals surface area contributed by atoms with Crippen LogP contribution in [0.5, 0.6) is 0 Å². The highest BCUT2D eigenvalue weighted by molar-refractivity contribution is 7.99. The molecule has 3 heterocycles. The van der Waals surface area contributed by atoms with Crippen molar-refractivity contribution in [3.63, 3.8) is 0 Å². The number of nitrogens with zero attached hydrogens (tertiary/aromatic N) is 3. The Labute approximate surface area is 197 Å². The predicted molar refractivity (Wildman–Crippen MR) is 119 cm³/mol. The number of ether oxygens (including phenoxy) is 1. The van der Waals surface area contributed by atoms with Crippen LogP contribution < -0.4 is 0 Å². The van der Waals surface area contributed by atoms with Crippen LogP contribution in [0.4, 0.5) is 0 Å². The summed E-state index contributed by atoms with van der Waals surface area (Å²) in [4.78, 5) is 68.9. The van der Waals surface area contributed by atoms with Gasteiger partial charge < -0.3 is 4.74 Å². The molecule has 0 N–H and O–H groups in total. The monoisotopic (exact) mass is 473 g/mol. The number of hydrogen-bond acceptors (Lipinski definition) is 8. The molecule has 0 saturated carbocycles. The van der Waals surface area contributed by atoms with E-state index in [1.54, 1.807) is 36.4 Å². The first-order chi connectivity index (χ1) is 16.5. The number of amides is 4. The fourth-order valence-corrected chi connectivity index (χ4v) is 4.63. The number of fused-ring (bicyclic) bond motifs is 2. The minimum absolute atomic E-state index is 0.0535. The summed E-state index contributed by atoms with van der Waals surface area (Å²) in [6.45, 7) is -0.553. The van der Waals surface area contributed by atoms with Crippen molar-refractivity contribution >= 4 is 41.4 Å². The molecule has 5 rings (SSSR count). The molecule has 0 fully saturated rings. The third-order valence-corrected chi connectivity index (χ3v) is 6.39. The Morgan fingerprint density at radius 3 is 1.76 bits per heavy atom. The van der Waals surface area contributed by atoms with Crippen LogP contribution in [0.25, 0.3) is 0 Å². The molecule has 0 spiro atoms. The largest absolute Gasteiger partial charge is 0.440 e. The SMILES string of the molecule is O=C(OCN1C(=O)c2ccccc2C1=O)c1cccnc1SCN1C(=O)c2ccccc2C1=O.